The van der Waals surface area contributed by atoms with Gasteiger partial charge in [-0.3, -0.25) is 0 Å². The van der Waals surface area contributed by atoms with Gasteiger partial charge < -0.3 is 9.88 Å². The van der Waals surface area contributed by atoms with Crippen molar-refractivity contribution in [2.24, 2.45) is 0 Å². The quantitative estimate of drug-likeness (QED) is 0.657. The molecule has 0 saturated heterocycles. The molecule has 1 unspecified atom stereocenters. The SMILES string of the molecule is CC.Cc1nnc2n1C(C)CNC2. The molecular formula is C9H18N4. The topological polar surface area (TPSA) is 42.7 Å². The summed E-state index contributed by atoms with van der Waals surface area (Å²) in [6.45, 7) is 10.0. The standard InChI is InChI=1S/C7H12N4.C2H6/c1-5-3-8-4-7-10-9-6(2)11(5)7;1-2/h5,8H,3-4H2,1-2H3;1-2H3. The molecule has 1 aromatic heterocycles. The Bertz CT molecular complexity index is 267. The van der Waals surface area contributed by atoms with Crippen molar-refractivity contribution in [3.63, 3.8) is 0 Å². The predicted molar refractivity (Wildman–Crippen MR) is 52.5 cm³/mol. The van der Waals surface area contributed by atoms with Gasteiger partial charge in [0.1, 0.15) is 11.6 Å². The lowest BCUT2D eigenvalue weighted by atomic mass is 10.2. The van der Waals surface area contributed by atoms with E-state index in [2.05, 4.69) is 27.0 Å². The first-order chi connectivity index (χ1) is 6.29. The molecule has 1 N–H and O–H groups in total. The molecule has 13 heavy (non-hydrogen) atoms. The summed E-state index contributed by atoms with van der Waals surface area (Å²) in [6.07, 6.45) is 0. The van der Waals surface area contributed by atoms with E-state index in [1.54, 1.807) is 0 Å². The number of aromatic nitrogens is 3. The Morgan fingerprint density at radius 1 is 1.38 bits per heavy atom. The van der Waals surface area contributed by atoms with E-state index in [4.69, 9.17) is 0 Å². The van der Waals surface area contributed by atoms with Gasteiger partial charge in [0.2, 0.25) is 0 Å². The minimum atomic E-state index is 0.494. The maximum Gasteiger partial charge on any atom is 0.147 e. The second kappa shape index (κ2) is 4.37. The molecular weight excluding hydrogens is 164 g/mol. The van der Waals surface area contributed by atoms with Crippen molar-refractivity contribution in [1.82, 2.24) is 20.1 Å². The molecule has 74 valence electrons. The highest BCUT2D eigenvalue weighted by atomic mass is 15.3. The van der Waals surface area contributed by atoms with Gasteiger partial charge in [0, 0.05) is 12.6 Å². The van der Waals surface area contributed by atoms with Gasteiger partial charge in [0.15, 0.2) is 0 Å². The maximum absolute atomic E-state index is 4.06. The molecule has 4 nitrogen and oxygen atoms in total. The van der Waals surface area contributed by atoms with Crippen LogP contribution < -0.4 is 5.32 Å². The highest BCUT2D eigenvalue weighted by Crippen LogP contribution is 2.14. The molecule has 0 saturated carbocycles. The molecule has 1 aliphatic rings. The lowest BCUT2D eigenvalue weighted by molar-refractivity contribution is 0.415. The second-order valence-electron chi connectivity index (χ2n) is 3.01. The van der Waals surface area contributed by atoms with Crippen molar-refractivity contribution >= 4 is 0 Å². The normalized spacial score (nSPS) is 20.2. The zero-order chi connectivity index (χ0) is 9.84. The highest BCUT2D eigenvalue weighted by Gasteiger charge is 2.18. The first-order valence-electron chi connectivity index (χ1n) is 4.90. The molecule has 2 rings (SSSR count). The zero-order valence-corrected chi connectivity index (χ0v) is 8.83. The van der Waals surface area contributed by atoms with Gasteiger partial charge >= 0.3 is 0 Å². The maximum atomic E-state index is 4.06. The monoisotopic (exact) mass is 182 g/mol. The number of aryl methyl sites for hydroxylation is 1. The van der Waals surface area contributed by atoms with Crippen LogP contribution >= 0.6 is 0 Å². The molecule has 0 spiro atoms. The van der Waals surface area contributed by atoms with E-state index < -0.39 is 0 Å². The average molecular weight is 182 g/mol. The van der Waals surface area contributed by atoms with Gasteiger partial charge in [-0.2, -0.15) is 0 Å². The van der Waals surface area contributed by atoms with Gasteiger partial charge in [0.05, 0.1) is 6.54 Å². The Balaban J connectivity index is 0.000000396. The van der Waals surface area contributed by atoms with Crippen LogP contribution in [0, 0.1) is 6.92 Å². The van der Waals surface area contributed by atoms with Gasteiger partial charge in [-0.15, -0.1) is 10.2 Å². The van der Waals surface area contributed by atoms with Crippen LogP contribution in [0.1, 0.15) is 38.5 Å². The highest BCUT2D eigenvalue weighted by molar-refractivity contribution is 4.99. The second-order valence-corrected chi connectivity index (χ2v) is 3.01. The minimum absolute atomic E-state index is 0.494. The molecule has 1 aromatic rings. The average Bonchev–Trinajstić information content (AvgIpc) is 2.53. The van der Waals surface area contributed by atoms with Crippen molar-refractivity contribution in [2.75, 3.05) is 6.54 Å². The van der Waals surface area contributed by atoms with E-state index in [1.807, 2.05) is 20.8 Å². The van der Waals surface area contributed by atoms with Gasteiger partial charge in [0.25, 0.3) is 0 Å². The van der Waals surface area contributed by atoms with Crippen LogP contribution in [0.25, 0.3) is 0 Å². The fourth-order valence-corrected chi connectivity index (χ4v) is 1.59. The third-order valence-electron chi connectivity index (χ3n) is 2.10. The fraction of sp³-hybridized carbons (Fsp3) is 0.778. The lowest BCUT2D eigenvalue weighted by Gasteiger charge is -2.22. The summed E-state index contributed by atoms with van der Waals surface area (Å²) in [7, 11) is 0. The van der Waals surface area contributed by atoms with E-state index >= 15 is 0 Å². The van der Waals surface area contributed by atoms with Crippen molar-refractivity contribution in [2.45, 2.75) is 40.3 Å². The molecule has 0 radical (unpaired) electrons. The number of nitrogens with zero attached hydrogens (tertiary/aromatic N) is 3. The largest absolute Gasteiger partial charge is 0.310 e. The van der Waals surface area contributed by atoms with E-state index in [-0.39, 0.29) is 0 Å². The summed E-state index contributed by atoms with van der Waals surface area (Å²) in [5.41, 5.74) is 0. The van der Waals surface area contributed by atoms with Crippen LogP contribution in [0.2, 0.25) is 0 Å². The Labute approximate surface area is 79.4 Å². The van der Waals surface area contributed by atoms with Gasteiger partial charge in [-0.05, 0) is 13.8 Å². The molecule has 0 amide bonds. The third kappa shape index (κ3) is 1.88. The lowest BCUT2D eigenvalue weighted by Crippen LogP contribution is -2.32. The molecule has 1 aliphatic heterocycles. The Morgan fingerprint density at radius 3 is 2.69 bits per heavy atom. The van der Waals surface area contributed by atoms with E-state index in [1.165, 1.54) is 0 Å². The van der Waals surface area contributed by atoms with Crippen LogP contribution in [-0.2, 0) is 6.54 Å². The first kappa shape index (κ1) is 10.2. The van der Waals surface area contributed by atoms with Gasteiger partial charge in [-0.25, -0.2) is 0 Å². The summed E-state index contributed by atoms with van der Waals surface area (Å²) in [5.74, 6) is 2.08. The van der Waals surface area contributed by atoms with Crippen molar-refractivity contribution in [1.29, 1.82) is 0 Å². The minimum Gasteiger partial charge on any atom is -0.310 e. The molecule has 0 bridgehead atoms. The van der Waals surface area contributed by atoms with Crippen LogP contribution in [0.15, 0.2) is 0 Å². The summed E-state index contributed by atoms with van der Waals surface area (Å²) < 4.78 is 2.19. The number of hydrogen-bond acceptors (Lipinski definition) is 3. The Kier molecular flexibility index (Phi) is 3.42. The smallest absolute Gasteiger partial charge is 0.147 e. The Morgan fingerprint density at radius 2 is 2.08 bits per heavy atom. The summed E-state index contributed by atoms with van der Waals surface area (Å²) in [6, 6.07) is 0.494. The fourth-order valence-electron chi connectivity index (χ4n) is 1.59. The number of nitrogens with one attached hydrogen (secondary N) is 1. The summed E-state index contributed by atoms with van der Waals surface area (Å²) in [4.78, 5) is 0. The summed E-state index contributed by atoms with van der Waals surface area (Å²) in [5, 5.41) is 11.4. The zero-order valence-electron chi connectivity index (χ0n) is 8.83. The Hall–Kier alpha value is -0.900. The van der Waals surface area contributed by atoms with Crippen LogP contribution in [0.4, 0.5) is 0 Å². The van der Waals surface area contributed by atoms with Crippen LogP contribution in [-0.4, -0.2) is 21.3 Å². The van der Waals surface area contributed by atoms with E-state index in [0.717, 1.165) is 24.7 Å². The molecule has 0 aromatic carbocycles. The van der Waals surface area contributed by atoms with Crippen LogP contribution in [0.5, 0.6) is 0 Å². The predicted octanol–water partition coefficient (Wildman–Crippen LogP) is 1.28. The number of hydrogen-bond donors (Lipinski definition) is 1. The van der Waals surface area contributed by atoms with Crippen molar-refractivity contribution < 1.29 is 0 Å². The number of fused-ring (bicyclic) bond motifs is 1. The van der Waals surface area contributed by atoms with E-state index in [0.29, 0.717) is 6.04 Å². The molecule has 4 heteroatoms. The molecule has 2 heterocycles. The first-order valence-corrected chi connectivity index (χ1v) is 4.90. The number of rotatable bonds is 0. The van der Waals surface area contributed by atoms with Crippen molar-refractivity contribution in [3.8, 4) is 0 Å². The van der Waals surface area contributed by atoms with Gasteiger partial charge in [-0.1, -0.05) is 13.8 Å². The molecule has 0 aliphatic carbocycles. The van der Waals surface area contributed by atoms with Crippen molar-refractivity contribution in [3.05, 3.63) is 11.6 Å². The van der Waals surface area contributed by atoms with E-state index in [9.17, 15) is 0 Å². The molecule has 0 fully saturated rings. The summed E-state index contributed by atoms with van der Waals surface area (Å²) >= 11 is 0. The third-order valence-corrected chi connectivity index (χ3v) is 2.10. The van der Waals surface area contributed by atoms with Crippen LogP contribution in [0.3, 0.4) is 0 Å². The molecule has 1 atom stereocenters.